The van der Waals surface area contributed by atoms with Gasteiger partial charge in [-0.05, 0) is 55.2 Å². The molecule has 2 aromatic heterocycles. The number of fused-ring (bicyclic) bond motifs is 1. The first kappa shape index (κ1) is 16.7. The predicted octanol–water partition coefficient (Wildman–Crippen LogP) is 3.62. The van der Waals surface area contributed by atoms with E-state index in [0.29, 0.717) is 6.10 Å². The summed E-state index contributed by atoms with van der Waals surface area (Å²) in [6.45, 7) is 0.725. The first-order valence-electron chi connectivity index (χ1n) is 8.99. The molecule has 134 valence electrons. The van der Waals surface area contributed by atoms with Crippen molar-refractivity contribution in [3.63, 3.8) is 0 Å². The molecule has 0 spiro atoms. The summed E-state index contributed by atoms with van der Waals surface area (Å²) in [6, 6.07) is 8.71. The zero-order valence-corrected chi connectivity index (χ0v) is 14.5. The second kappa shape index (κ2) is 7.25. The zero-order valence-electron chi connectivity index (χ0n) is 14.5. The van der Waals surface area contributed by atoms with Gasteiger partial charge in [-0.3, -0.25) is 0 Å². The molecule has 1 fully saturated rings. The molecule has 2 heterocycles. The van der Waals surface area contributed by atoms with Crippen LogP contribution in [0.25, 0.3) is 16.7 Å². The monoisotopic (exact) mass is 351 g/mol. The number of benzene rings is 1. The minimum absolute atomic E-state index is 0.253. The maximum atomic E-state index is 11.0. The van der Waals surface area contributed by atoms with Gasteiger partial charge in [-0.25, -0.2) is 14.5 Å². The zero-order chi connectivity index (χ0) is 17.9. The Balaban J connectivity index is 1.48. The van der Waals surface area contributed by atoms with Crippen LogP contribution in [0.4, 0.5) is 0 Å². The van der Waals surface area contributed by atoms with Gasteiger partial charge in [0.2, 0.25) is 0 Å². The number of carboxylic acids is 1. The minimum atomic E-state index is -0.940. The molecule has 0 radical (unpaired) electrons. The van der Waals surface area contributed by atoms with E-state index in [4.69, 9.17) is 9.84 Å². The molecule has 6 heteroatoms. The third-order valence-electron chi connectivity index (χ3n) is 4.87. The Kier molecular flexibility index (Phi) is 4.67. The number of aromatic nitrogens is 3. The van der Waals surface area contributed by atoms with E-state index >= 15 is 0 Å². The summed E-state index contributed by atoms with van der Waals surface area (Å²) >= 11 is 0. The quantitative estimate of drug-likeness (QED) is 0.734. The van der Waals surface area contributed by atoms with E-state index in [0.717, 1.165) is 35.3 Å². The van der Waals surface area contributed by atoms with Crippen molar-refractivity contribution in [1.82, 2.24) is 14.8 Å². The van der Waals surface area contributed by atoms with Gasteiger partial charge in [0.1, 0.15) is 0 Å². The lowest BCUT2D eigenvalue weighted by Gasteiger charge is -2.10. The molecular weight excluding hydrogens is 330 g/mol. The molecule has 3 aromatic rings. The van der Waals surface area contributed by atoms with Gasteiger partial charge >= 0.3 is 5.97 Å². The Hall–Kier alpha value is -2.73. The standard InChI is InChI=1S/C20H21N3O3/c24-20(25)15-5-7-17(8-6-15)23-19-16(13-22-23)11-14(12-21-19)9-10-26-18-3-1-2-4-18/h5-8,11-13,18H,1-4,9-10H2,(H,24,25). The van der Waals surface area contributed by atoms with Crippen LogP contribution >= 0.6 is 0 Å². The van der Waals surface area contributed by atoms with Gasteiger partial charge in [-0.15, -0.1) is 0 Å². The smallest absolute Gasteiger partial charge is 0.335 e. The van der Waals surface area contributed by atoms with Crippen molar-refractivity contribution in [2.75, 3.05) is 6.61 Å². The number of hydrogen-bond acceptors (Lipinski definition) is 4. The number of carboxylic acid groups (broad SMARTS) is 1. The van der Waals surface area contributed by atoms with Crippen LogP contribution in [0.2, 0.25) is 0 Å². The SMILES string of the molecule is O=C(O)c1ccc(-n2ncc3cc(CCOC4CCCC4)cnc32)cc1. The van der Waals surface area contributed by atoms with Gasteiger partial charge in [-0.2, -0.15) is 5.10 Å². The van der Waals surface area contributed by atoms with E-state index in [-0.39, 0.29) is 5.56 Å². The largest absolute Gasteiger partial charge is 0.478 e. The van der Waals surface area contributed by atoms with Crippen molar-refractivity contribution in [3.8, 4) is 5.69 Å². The van der Waals surface area contributed by atoms with Crippen LogP contribution in [0.1, 0.15) is 41.6 Å². The highest BCUT2D eigenvalue weighted by atomic mass is 16.5. The average molecular weight is 351 g/mol. The lowest BCUT2D eigenvalue weighted by molar-refractivity contribution is 0.0606. The summed E-state index contributed by atoms with van der Waals surface area (Å²) in [5, 5.41) is 14.4. The van der Waals surface area contributed by atoms with Crippen LogP contribution in [0, 0.1) is 0 Å². The number of nitrogens with zero attached hydrogens (tertiary/aromatic N) is 3. The lowest BCUT2D eigenvalue weighted by atomic mass is 10.2. The van der Waals surface area contributed by atoms with Crippen LogP contribution in [0.5, 0.6) is 0 Å². The first-order valence-corrected chi connectivity index (χ1v) is 8.99. The number of carbonyl (C=O) groups is 1. The molecule has 0 bridgehead atoms. The molecule has 0 unspecified atom stereocenters. The number of rotatable bonds is 6. The summed E-state index contributed by atoms with van der Waals surface area (Å²) in [6.07, 6.45) is 9.87. The third kappa shape index (κ3) is 3.46. The van der Waals surface area contributed by atoms with E-state index in [1.165, 1.54) is 25.7 Å². The average Bonchev–Trinajstić information content (AvgIpc) is 3.31. The molecule has 0 atom stereocenters. The second-order valence-electron chi connectivity index (χ2n) is 6.69. The Morgan fingerprint density at radius 3 is 2.69 bits per heavy atom. The predicted molar refractivity (Wildman–Crippen MR) is 97.7 cm³/mol. The third-order valence-corrected chi connectivity index (χ3v) is 4.87. The fraction of sp³-hybridized carbons (Fsp3) is 0.350. The normalized spacial score (nSPS) is 14.9. The van der Waals surface area contributed by atoms with Crippen LogP contribution < -0.4 is 0 Å². The summed E-state index contributed by atoms with van der Waals surface area (Å²) in [5.74, 6) is -0.940. The van der Waals surface area contributed by atoms with Crippen LogP contribution in [-0.2, 0) is 11.2 Å². The number of ether oxygens (including phenoxy) is 1. The lowest BCUT2D eigenvalue weighted by Crippen LogP contribution is -2.10. The number of aromatic carboxylic acids is 1. The Labute approximate surface area is 151 Å². The van der Waals surface area contributed by atoms with E-state index in [2.05, 4.69) is 16.1 Å². The van der Waals surface area contributed by atoms with E-state index in [1.54, 1.807) is 35.1 Å². The number of pyridine rings is 1. The van der Waals surface area contributed by atoms with Gasteiger partial charge in [0, 0.05) is 11.6 Å². The maximum Gasteiger partial charge on any atom is 0.335 e. The Morgan fingerprint density at radius 2 is 1.96 bits per heavy atom. The Bertz CT molecular complexity index is 912. The summed E-state index contributed by atoms with van der Waals surface area (Å²) in [4.78, 5) is 15.5. The highest BCUT2D eigenvalue weighted by Crippen LogP contribution is 2.22. The maximum absolute atomic E-state index is 11.0. The first-order chi connectivity index (χ1) is 12.7. The molecule has 1 N–H and O–H groups in total. The molecule has 26 heavy (non-hydrogen) atoms. The van der Waals surface area contributed by atoms with E-state index < -0.39 is 5.97 Å². The van der Waals surface area contributed by atoms with Crippen molar-refractivity contribution >= 4 is 17.0 Å². The van der Waals surface area contributed by atoms with Gasteiger partial charge in [0.25, 0.3) is 0 Å². The molecule has 1 aliphatic carbocycles. The molecular formula is C20H21N3O3. The van der Waals surface area contributed by atoms with Crippen LogP contribution in [0.15, 0.2) is 42.7 Å². The molecule has 4 rings (SSSR count). The Morgan fingerprint density at radius 1 is 1.19 bits per heavy atom. The highest BCUT2D eigenvalue weighted by Gasteiger charge is 2.15. The second-order valence-corrected chi connectivity index (χ2v) is 6.69. The van der Waals surface area contributed by atoms with Crippen LogP contribution in [0.3, 0.4) is 0 Å². The summed E-state index contributed by atoms with van der Waals surface area (Å²) in [5.41, 5.74) is 2.93. The minimum Gasteiger partial charge on any atom is -0.478 e. The summed E-state index contributed by atoms with van der Waals surface area (Å²) < 4.78 is 7.65. The molecule has 0 amide bonds. The van der Waals surface area contributed by atoms with Gasteiger partial charge in [-0.1, -0.05) is 12.8 Å². The van der Waals surface area contributed by atoms with Gasteiger partial charge in [0.05, 0.1) is 30.2 Å². The van der Waals surface area contributed by atoms with E-state index in [9.17, 15) is 4.79 Å². The fourth-order valence-electron chi connectivity index (χ4n) is 3.44. The van der Waals surface area contributed by atoms with Crippen molar-refractivity contribution < 1.29 is 14.6 Å². The molecule has 6 nitrogen and oxygen atoms in total. The van der Waals surface area contributed by atoms with Crippen molar-refractivity contribution in [2.24, 2.45) is 0 Å². The van der Waals surface area contributed by atoms with Crippen LogP contribution in [-0.4, -0.2) is 38.6 Å². The number of hydrogen-bond donors (Lipinski definition) is 1. The van der Waals surface area contributed by atoms with Crippen molar-refractivity contribution in [3.05, 3.63) is 53.9 Å². The van der Waals surface area contributed by atoms with Crippen molar-refractivity contribution in [1.29, 1.82) is 0 Å². The van der Waals surface area contributed by atoms with Crippen molar-refractivity contribution in [2.45, 2.75) is 38.2 Å². The molecule has 0 saturated heterocycles. The molecule has 1 aliphatic rings. The van der Waals surface area contributed by atoms with Gasteiger partial charge in [0.15, 0.2) is 5.65 Å². The fourth-order valence-corrected chi connectivity index (χ4v) is 3.44. The molecule has 1 aromatic carbocycles. The topological polar surface area (TPSA) is 77.2 Å². The molecule has 1 saturated carbocycles. The summed E-state index contributed by atoms with van der Waals surface area (Å²) in [7, 11) is 0. The highest BCUT2D eigenvalue weighted by molar-refractivity contribution is 5.87. The van der Waals surface area contributed by atoms with Gasteiger partial charge < -0.3 is 9.84 Å². The van der Waals surface area contributed by atoms with E-state index in [1.807, 2.05) is 6.20 Å². The molecule has 0 aliphatic heterocycles.